The van der Waals surface area contributed by atoms with E-state index in [0.29, 0.717) is 5.92 Å². The maximum absolute atomic E-state index is 5.84. The van der Waals surface area contributed by atoms with Gasteiger partial charge in [-0.3, -0.25) is 0 Å². The second-order valence-corrected chi connectivity index (χ2v) is 7.01. The van der Waals surface area contributed by atoms with Crippen molar-refractivity contribution in [2.45, 2.75) is 38.1 Å². The molecule has 2 rings (SSSR count). The summed E-state index contributed by atoms with van der Waals surface area (Å²) in [6.07, 6.45) is 3.63. The molecule has 112 valence electrons. The molecule has 0 unspecified atom stereocenters. The van der Waals surface area contributed by atoms with Crippen LogP contribution in [-0.2, 0) is 4.43 Å². The van der Waals surface area contributed by atoms with Crippen molar-refractivity contribution in [2.24, 2.45) is 0 Å². The molecule has 0 aliphatic rings. The maximum atomic E-state index is 5.84. The van der Waals surface area contributed by atoms with E-state index >= 15 is 0 Å². The fourth-order valence-electron chi connectivity index (χ4n) is 2.63. The molecular formula is C19H26OSi. The van der Waals surface area contributed by atoms with E-state index in [9.17, 15) is 0 Å². The number of rotatable bonds is 9. The standard InChI is InChI=1S/C19H26OSi/c1-2-3-15-20-21-16-14-19(17-10-6-4-7-11-17)18-12-8-5-9-13-18/h4-13,19H,2-3,14-16,21H2,1H3. The molecule has 0 aromatic heterocycles. The van der Waals surface area contributed by atoms with Crippen molar-refractivity contribution in [1.82, 2.24) is 0 Å². The number of hydrogen-bond donors (Lipinski definition) is 0. The van der Waals surface area contributed by atoms with Gasteiger partial charge in [0.1, 0.15) is 0 Å². The first-order valence-corrected chi connectivity index (χ1v) is 9.67. The summed E-state index contributed by atoms with van der Waals surface area (Å²) < 4.78 is 5.84. The first-order chi connectivity index (χ1) is 10.4. The van der Waals surface area contributed by atoms with Gasteiger partial charge in [-0.1, -0.05) is 74.0 Å². The van der Waals surface area contributed by atoms with Crippen molar-refractivity contribution >= 4 is 9.76 Å². The first-order valence-electron chi connectivity index (χ1n) is 8.09. The normalized spacial score (nSPS) is 11.5. The van der Waals surface area contributed by atoms with Crippen LogP contribution < -0.4 is 0 Å². The van der Waals surface area contributed by atoms with E-state index in [1.54, 1.807) is 0 Å². The monoisotopic (exact) mass is 298 g/mol. The second-order valence-electron chi connectivity index (χ2n) is 5.48. The summed E-state index contributed by atoms with van der Waals surface area (Å²) in [6, 6.07) is 23.0. The Morgan fingerprint density at radius 2 is 1.48 bits per heavy atom. The second kappa shape index (κ2) is 9.53. The third-order valence-corrected chi connectivity index (χ3v) is 5.10. The van der Waals surface area contributed by atoms with E-state index in [0.717, 1.165) is 6.61 Å². The molecule has 0 bridgehead atoms. The smallest absolute Gasteiger partial charge is 0.161 e. The molecule has 1 nitrogen and oxygen atoms in total. The largest absolute Gasteiger partial charge is 0.424 e. The molecule has 0 atom stereocenters. The summed E-state index contributed by atoms with van der Waals surface area (Å²) in [5.41, 5.74) is 2.84. The summed E-state index contributed by atoms with van der Waals surface area (Å²) in [6.45, 7) is 3.18. The fraction of sp³-hybridized carbons (Fsp3) is 0.368. The van der Waals surface area contributed by atoms with Crippen LogP contribution >= 0.6 is 0 Å². The predicted molar refractivity (Wildman–Crippen MR) is 93.6 cm³/mol. The van der Waals surface area contributed by atoms with Gasteiger partial charge >= 0.3 is 0 Å². The molecule has 21 heavy (non-hydrogen) atoms. The molecule has 2 aromatic rings. The summed E-state index contributed by atoms with van der Waals surface area (Å²) in [7, 11) is -0.362. The van der Waals surface area contributed by atoms with Crippen molar-refractivity contribution in [3.8, 4) is 0 Å². The van der Waals surface area contributed by atoms with Gasteiger partial charge in [-0.05, 0) is 30.0 Å². The van der Waals surface area contributed by atoms with Gasteiger partial charge in [0.15, 0.2) is 9.76 Å². The van der Waals surface area contributed by atoms with Crippen LogP contribution in [0, 0.1) is 0 Å². The van der Waals surface area contributed by atoms with Gasteiger partial charge < -0.3 is 4.43 Å². The molecule has 0 amide bonds. The van der Waals surface area contributed by atoms with Crippen LogP contribution in [0.15, 0.2) is 60.7 Å². The van der Waals surface area contributed by atoms with Gasteiger partial charge in [0.05, 0.1) is 0 Å². The van der Waals surface area contributed by atoms with Crippen molar-refractivity contribution in [1.29, 1.82) is 0 Å². The van der Waals surface area contributed by atoms with E-state index in [1.807, 2.05) is 0 Å². The first kappa shape index (κ1) is 16.0. The van der Waals surface area contributed by atoms with E-state index in [1.165, 1.54) is 36.4 Å². The zero-order valence-corrected chi connectivity index (χ0v) is 14.4. The van der Waals surface area contributed by atoms with Crippen molar-refractivity contribution in [3.63, 3.8) is 0 Å². The van der Waals surface area contributed by atoms with Gasteiger partial charge in [0.2, 0.25) is 0 Å². The van der Waals surface area contributed by atoms with Gasteiger partial charge in [0, 0.05) is 12.5 Å². The van der Waals surface area contributed by atoms with E-state index in [2.05, 4.69) is 67.6 Å². The highest BCUT2D eigenvalue weighted by molar-refractivity contribution is 6.27. The van der Waals surface area contributed by atoms with Gasteiger partial charge in [-0.15, -0.1) is 0 Å². The topological polar surface area (TPSA) is 9.23 Å². The minimum absolute atomic E-state index is 0.362. The van der Waals surface area contributed by atoms with E-state index in [4.69, 9.17) is 4.43 Å². The summed E-state index contributed by atoms with van der Waals surface area (Å²) in [5.74, 6) is 0.509. The SMILES string of the molecule is CCCCO[SiH2]CCC(c1ccccc1)c1ccccc1. The molecule has 0 N–H and O–H groups in total. The molecule has 2 aromatic carbocycles. The number of unbranched alkanes of at least 4 members (excludes halogenated alkanes) is 1. The molecule has 0 heterocycles. The van der Waals surface area contributed by atoms with Crippen LogP contribution in [0.4, 0.5) is 0 Å². The zero-order valence-electron chi connectivity index (χ0n) is 13.0. The Morgan fingerprint density at radius 1 is 0.905 bits per heavy atom. The number of hydrogen-bond acceptors (Lipinski definition) is 1. The summed E-state index contributed by atoms with van der Waals surface area (Å²) >= 11 is 0. The highest BCUT2D eigenvalue weighted by Crippen LogP contribution is 2.29. The third-order valence-electron chi connectivity index (χ3n) is 3.83. The van der Waals surface area contributed by atoms with Crippen molar-refractivity contribution in [2.75, 3.05) is 6.61 Å². The van der Waals surface area contributed by atoms with Crippen LogP contribution in [0.2, 0.25) is 6.04 Å². The Morgan fingerprint density at radius 3 is 2.00 bits per heavy atom. The van der Waals surface area contributed by atoms with Gasteiger partial charge in [-0.25, -0.2) is 0 Å². The Labute approximate surface area is 131 Å². The van der Waals surface area contributed by atoms with Crippen LogP contribution in [0.3, 0.4) is 0 Å². The van der Waals surface area contributed by atoms with Crippen LogP contribution in [0.5, 0.6) is 0 Å². The Kier molecular flexibility index (Phi) is 7.26. The molecule has 0 aliphatic heterocycles. The zero-order chi connectivity index (χ0) is 14.8. The van der Waals surface area contributed by atoms with E-state index in [-0.39, 0.29) is 9.76 Å². The Bertz CT molecular complexity index is 444. The lowest BCUT2D eigenvalue weighted by molar-refractivity contribution is 0.325. The molecule has 0 fully saturated rings. The van der Waals surface area contributed by atoms with Crippen LogP contribution in [0.1, 0.15) is 43.2 Å². The highest BCUT2D eigenvalue weighted by atomic mass is 28.2. The molecule has 0 aliphatic carbocycles. The van der Waals surface area contributed by atoms with Crippen LogP contribution in [-0.4, -0.2) is 16.4 Å². The Balaban J connectivity index is 1.94. The summed E-state index contributed by atoms with van der Waals surface area (Å²) in [4.78, 5) is 0. The fourth-order valence-corrected chi connectivity index (χ4v) is 3.82. The summed E-state index contributed by atoms with van der Waals surface area (Å²) in [5, 5.41) is 0. The number of benzene rings is 2. The predicted octanol–water partition coefficient (Wildman–Crippen LogP) is 4.53. The average Bonchev–Trinajstić information content (AvgIpc) is 2.56. The highest BCUT2D eigenvalue weighted by Gasteiger charge is 2.13. The van der Waals surface area contributed by atoms with Crippen molar-refractivity contribution < 1.29 is 4.43 Å². The average molecular weight is 299 g/mol. The molecule has 2 heteroatoms. The Hall–Kier alpha value is -1.38. The van der Waals surface area contributed by atoms with Gasteiger partial charge in [0.25, 0.3) is 0 Å². The molecule has 0 saturated heterocycles. The molecule has 0 saturated carbocycles. The lowest BCUT2D eigenvalue weighted by Crippen LogP contribution is -2.05. The molecular weight excluding hydrogens is 272 g/mol. The van der Waals surface area contributed by atoms with E-state index < -0.39 is 0 Å². The minimum atomic E-state index is -0.362. The lowest BCUT2D eigenvalue weighted by atomic mass is 9.89. The van der Waals surface area contributed by atoms with Crippen molar-refractivity contribution in [3.05, 3.63) is 71.8 Å². The maximum Gasteiger partial charge on any atom is 0.161 e. The molecule has 0 spiro atoms. The quantitative estimate of drug-likeness (QED) is 0.488. The van der Waals surface area contributed by atoms with Crippen LogP contribution in [0.25, 0.3) is 0 Å². The third kappa shape index (κ3) is 5.48. The molecule has 0 radical (unpaired) electrons. The van der Waals surface area contributed by atoms with Gasteiger partial charge in [-0.2, -0.15) is 0 Å². The minimum Gasteiger partial charge on any atom is -0.424 e. The lowest BCUT2D eigenvalue weighted by Gasteiger charge is -2.18.